The summed E-state index contributed by atoms with van der Waals surface area (Å²) in [5, 5.41) is 3.47. The molecule has 30 heavy (non-hydrogen) atoms. The van der Waals surface area contributed by atoms with Crippen LogP contribution in [0.15, 0.2) is 34.8 Å². The average molecular weight is 417 g/mol. The van der Waals surface area contributed by atoms with E-state index in [1.807, 2.05) is 6.07 Å². The minimum absolute atomic E-state index is 0.751. The molecule has 2 aliphatic heterocycles. The Balaban J connectivity index is 1.50. The number of benzene rings is 1. The van der Waals surface area contributed by atoms with Crippen LogP contribution in [0.25, 0.3) is 0 Å². The lowest BCUT2D eigenvalue weighted by Crippen LogP contribution is -2.52. The number of nitrogens with zero attached hydrogens (tertiary/aromatic N) is 3. The molecule has 0 bridgehead atoms. The van der Waals surface area contributed by atoms with Gasteiger partial charge in [0.25, 0.3) is 0 Å². The number of hydrogen-bond donors (Lipinski definition) is 1. The van der Waals surface area contributed by atoms with Gasteiger partial charge in [0.15, 0.2) is 17.5 Å². The quantitative estimate of drug-likeness (QED) is 0.399. The molecule has 0 radical (unpaired) electrons. The van der Waals surface area contributed by atoms with Crippen molar-refractivity contribution in [3.63, 3.8) is 0 Å². The highest BCUT2D eigenvalue weighted by molar-refractivity contribution is 5.80. The Labute approximate surface area is 180 Å². The zero-order chi connectivity index (χ0) is 21.2. The smallest absolute Gasteiger partial charge is 0.194 e. The fourth-order valence-corrected chi connectivity index (χ4v) is 3.88. The van der Waals surface area contributed by atoms with Crippen LogP contribution in [0.1, 0.15) is 25.3 Å². The SMILES string of the molecule is CCNC(=NCCC1=CCOCC1)N1CCN(Cc2ccc(OC)c(OC)c2)CC1. The molecule has 2 heterocycles. The first-order valence-electron chi connectivity index (χ1n) is 11.0. The maximum Gasteiger partial charge on any atom is 0.194 e. The Morgan fingerprint density at radius 3 is 2.60 bits per heavy atom. The van der Waals surface area contributed by atoms with Crippen molar-refractivity contribution >= 4 is 5.96 Å². The molecule has 1 N–H and O–H groups in total. The third kappa shape index (κ3) is 6.37. The van der Waals surface area contributed by atoms with E-state index in [2.05, 4.69) is 40.2 Å². The monoisotopic (exact) mass is 416 g/mol. The van der Waals surface area contributed by atoms with Gasteiger partial charge in [-0.2, -0.15) is 0 Å². The van der Waals surface area contributed by atoms with Gasteiger partial charge in [0.1, 0.15) is 0 Å². The summed E-state index contributed by atoms with van der Waals surface area (Å²) in [7, 11) is 3.35. The fourth-order valence-electron chi connectivity index (χ4n) is 3.88. The van der Waals surface area contributed by atoms with E-state index in [0.717, 1.165) is 89.3 Å². The molecule has 1 saturated heterocycles. The Morgan fingerprint density at radius 2 is 1.93 bits per heavy atom. The number of methoxy groups -OCH3 is 2. The van der Waals surface area contributed by atoms with Gasteiger partial charge in [-0.25, -0.2) is 0 Å². The molecule has 7 heteroatoms. The fraction of sp³-hybridized carbons (Fsp3) is 0.609. The Morgan fingerprint density at radius 1 is 1.13 bits per heavy atom. The van der Waals surface area contributed by atoms with Crippen LogP contribution in [-0.2, 0) is 11.3 Å². The lowest BCUT2D eigenvalue weighted by molar-refractivity contribution is 0.153. The minimum atomic E-state index is 0.751. The number of piperazine rings is 1. The van der Waals surface area contributed by atoms with Gasteiger partial charge in [0, 0.05) is 45.8 Å². The predicted molar refractivity (Wildman–Crippen MR) is 121 cm³/mol. The highest BCUT2D eigenvalue weighted by atomic mass is 16.5. The van der Waals surface area contributed by atoms with Crippen molar-refractivity contribution < 1.29 is 14.2 Å². The third-order valence-corrected chi connectivity index (χ3v) is 5.61. The highest BCUT2D eigenvalue weighted by Gasteiger charge is 2.20. The summed E-state index contributed by atoms with van der Waals surface area (Å²) < 4.78 is 16.2. The molecule has 0 spiro atoms. The first-order valence-corrected chi connectivity index (χ1v) is 11.0. The molecule has 7 nitrogen and oxygen atoms in total. The molecule has 2 aliphatic rings. The van der Waals surface area contributed by atoms with Gasteiger partial charge in [-0.05, 0) is 37.5 Å². The van der Waals surface area contributed by atoms with Crippen LogP contribution in [0.2, 0.25) is 0 Å². The summed E-state index contributed by atoms with van der Waals surface area (Å²) in [5.74, 6) is 2.60. The zero-order valence-electron chi connectivity index (χ0n) is 18.7. The summed E-state index contributed by atoms with van der Waals surface area (Å²) in [4.78, 5) is 9.75. The maximum absolute atomic E-state index is 5.44. The Kier molecular flexibility index (Phi) is 8.83. The summed E-state index contributed by atoms with van der Waals surface area (Å²) in [6.45, 7) is 10.4. The van der Waals surface area contributed by atoms with Crippen LogP contribution in [0.5, 0.6) is 11.5 Å². The number of guanidine groups is 1. The molecular formula is C23H36N4O3. The summed E-state index contributed by atoms with van der Waals surface area (Å²) in [5.41, 5.74) is 2.71. The third-order valence-electron chi connectivity index (χ3n) is 5.61. The maximum atomic E-state index is 5.44. The van der Waals surface area contributed by atoms with Gasteiger partial charge in [-0.15, -0.1) is 0 Å². The van der Waals surface area contributed by atoms with Crippen molar-refractivity contribution in [2.24, 2.45) is 4.99 Å². The molecule has 0 atom stereocenters. The second-order valence-corrected chi connectivity index (χ2v) is 7.63. The number of rotatable bonds is 8. The number of nitrogens with one attached hydrogen (secondary N) is 1. The molecule has 0 aliphatic carbocycles. The van der Waals surface area contributed by atoms with E-state index in [9.17, 15) is 0 Å². The van der Waals surface area contributed by atoms with Crippen LogP contribution in [0, 0.1) is 0 Å². The molecule has 0 saturated carbocycles. The topological polar surface area (TPSA) is 58.6 Å². The second kappa shape index (κ2) is 11.8. The first kappa shape index (κ1) is 22.4. The van der Waals surface area contributed by atoms with E-state index in [1.165, 1.54) is 11.1 Å². The van der Waals surface area contributed by atoms with Gasteiger partial charge >= 0.3 is 0 Å². The van der Waals surface area contributed by atoms with Crippen LogP contribution in [0.3, 0.4) is 0 Å². The summed E-state index contributed by atoms with van der Waals surface area (Å²) >= 11 is 0. The predicted octanol–water partition coefficient (Wildman–Crippen LogP) is 2.52. The Hall–Kier alpha value is -2.25. The Bertz CT molecular complexity index is 727. The van der Waals surface area contributed by atoms with E-state index in [-0.39, 0.29) is 0 Å². The van der Waals surface area contributed by atoms with Crippen LogP contribution < -0.4 is 14.8 Å². The van der Waals surface area contributed by atoms with Crippen molar-refractivity contribution in [1.82, 2.24) is 15.1 Å². The highest BCUT2D eigenvalue weighted by Crippen LogP contribution is 2.28. The summed E-state index contributed by atoms with van der Waals surface area (Å²) in [6, 6.07) is 6.17. The lowest BCUT2D eigenvalue weighted by atomic mass is 10.1. The van der Waals surface area contributed by atoms with Gasteiger partial charge in [-0.1, -0.05) is 17.7 Å². The average Bonchev–Trinajstić information content (AvgIpc) is 2.79. The standard InChI is InChI=1S/C23H36N4O3/c1-4-24-23(25-10-7-19-8-15-30-16-9-19)27-13-11-26(12-14-27)18-20-5-6-21(28-2)22(17-20)29-3/h5-6,8,17H,4,7,9-16,18H2,1-3H3,(H,24,25). The van der Waals surface area contributed by atoms with Crippen LogP contribution in [-0.4, -0.2) is 82.5 Å². The van der Waals surface area contributed by atoms with E-state index >= 15 is 0 Å². The largest absolute Gasteiger partial charge is 0.493 e. The van der Waals surface area contributed by atoms with Crippen molar-refractivity contribution in [1.29, 1.82) is 0 Å². The van der Waals surface area contributed by atoms with Crippen molar-refractivity contribution in [3.05, 3.63) is 35.4 Å². The lowest BCUT2D eigenvalue weighted by Gasteiger charge is -2.36. The molecular weight excluding hydrogens is 380 g/mol. The molecule has 1 aromatic carbocycles. The van der Waals surface area contributed by atoms with E-state index < -0.39 is 0 Å². The minimum Gasteiger partial charge on any atom is -0.493 e. The molecule has 0 aromatic heterocycles. The molecule has 1 fully saturated rings. The second-order valence-electron chi connectivity index (χ2n) is 7.63. The molecule has 1 aromatic rings. The van der Waals surface area contributed by atoms with E-state index in [4.69, 9.17) is 19.2 Å². The molecule has 166 valence electrons. The summed E-state index contributed by atoms with van der Waals surface area (Å²) in [6.07, 6.45) is 4.28. The molecule has 3 rings (SSSR count). The zero-order valence-corrected chi connectivity index (χ0v) is 18.7. The molecule has 0 amide bonds. The number of hydrogen-bond acceptors (Lipinski definition) is 5. The normalized spacial score (nSPS) is 18.2. The first-order chi connectivity index (χ1) is 14.7. The van der Waals surface area contributed by atoms with Gasteiger partial charge in [0.05, 0.1) is 27.4 Å². The van der Waals surface area contributed by atoms with E-state index in [1.54, 1.807) is 14.2 Å². The van der Waals surface area contributed by atoms with E-state index in [0.29, 0.717) is 0 Å². The number of ether oxygens (including phenoxy) is 3. The number of aliphatic imine (C=N–C) groups is 1. The van der Waals surface area contributed by atoms with Crippen molar-refractivity contribution in [2.45, 2.75) is 26.3 Å². The van der Waals surface area contributed by atoms with Crippen LogP contribution >= 0.6 is 0 Å². The molecule has 0 unspecified atom stereocenters. The van der Waals surface area contributed by atoms with Gasteiger partial charge in [0.2, 0.25) is 0 Å². The van der Waals surface area contributed by atoms with Crippen LogP contribution in [0.4, 0.5) is 0 Å². The van der Waals surface area contributed by atoms with Gasteiger partial charge in [-0.3, -0.25) is 9.89 Å². The van der Waals surface area contributed by atoms with Gasteiger partial charge < -0.3 is 24.4 Å². The van der Waals surface area contributed by atoms with Crippen molar-refractivity contribution in [3.8, 4) is 11.5 Å². The van der Waals surface area contributed by atoms with Crippen molar-refractivity contribution in [2.75, 3.05) is 66.7 Å².